The Balaban J connectivity index is 1.51. The number of rotatable bonds is 8. The molecule has 0 spiro atoms. The summed E-state index contributed by atoms with van der Waals surface area (Å²) in [5, 5.41) is 6.93. The summed E-state index contributed by atoms with van der Waals surface area (Å²) in [7, 11) is 0. The van der Waals surface area contributed by atoms with Gasteiger partial charge in [-0.2, -0.15) is 0 Å². The normalized spacial score (nSPS) is 13.9. The van der Waals surface area contributed by atoms with Crippen molar-refractivity contribution in [3.8, 4) is 45.6 Å². The molecule has 0 saturated carbocycles. The van der Waals surface area contributed by atoms with Crippen LogP contribution < -0.4 is 0 Å². The zero-order valence-corrected chi connectivity index (χ0v) is 57.6. The number of aromatic amines is 2. The van der Waals surface area contributed by atoms with Crippen LogP contribution in [-0.4, -0.2) is 97.8 Å². The summed E-state index contributed by atoms with van der Waals surface area (Å²) in [4.78, 5) is 63.4. The van der Waals surface area contributed by atoms with E-state index >= 15 is 0 Å². The van der Waals surface area contributed by atoms with E-state index in [1.54, 1.807) is 94.1 Å². The molecule has 7 aromatic rings. The van der Waals surface area contributed by atoms with Crippen LogP contribution in [0, 0.1) is 0 Å². The summed E-state index contributed by atoms with van der Waals surface area (Å²) in [6.45, 7) is 53.2. The highest BCUT2D eigenvalue weighted by atomic mass is 32.2. The highest BCUT2D eigenvalue weighted by molar-refractivity contribution is 8.04. The summed E-state index contributed by atoms with van der Waals surface area (Å²) in [6.07, 6.45) is 0. The van der Waals surface area contributed by atoms with E-state index in [-0.39, 0.29) is 38.0 Å². The second kappa shape index (κ2) is 21.4. The van der Waals surface area contributed by atoms with Gasteiger partial charge in [-0.25, -0.2) is 49.8 Å². The van der Waals surface area contributed by atoms with Crippen molar-refractivity contribution in [1.82, 2.24) is 59.8 Å². The smallest absolute Gasteiger partial charge is 0.130 e. The lowest BCUT2D eigenvalue weighted by atomic mass is 10.2. The molecule has 0 fully saturated rings. The molecular formula is C60H78N12S8. The fraction of sp³-hybridized carbons (Fsp3) is 0.533. The number of hydrogen-bond acceptors (Lipinski definition) is 18. The van der Waals surface area contributed by atoms with Gasteiger partial charge in [-0.1, -0.05) is 260 Å². The van der Waals surface area contributed by atoms with Gasteiger partial charge in [-0.05, 0) is 24.3 Å². The van der Waals surface area contributed by atoms with Gasteiger partial charge < -0.3 is 9.97 Å². The van der Waals surface area contributed by atoms with E-state index in [9.17, 15) is 0 Å². The van der Waals surface area contributed by atoms with Gasteiger partial charge in [0, 0.05) is 38.0 Å². The number of fused-ring (bicyclic) bond motifs is 20. The first-order chi connectivity index (χ1) is 36.5. The van der Waals surface area contributed by atoms with E-state index in [2.05, 4.69) is 200 Å². The third kappa shape index (κ3) is 15.0. The summed E-state index contributed by atoms with van der Waals surface area (Å²) in [5.41, 5.74) is 11.2. The summed E-state index contributed by atoms with van der Waals surface area (Å²) >= 11 is 13.8. The highest BCUT2D eigenvalue weighted by Crippen LogP contribution is 2.49. The number of H-pyrrole nitrogens is 2. The van der Waals surface area contributed by atoms with Crippen LogP contribution >= 0.6 is 94.1 Å². The van der Waals surface area contributed by atoms with Gasteiger partial charge in [0.05, 0.1) is 44.8 Å². The van der Waals surface area contributed by atoms with Crippen LogP contribution in [0.25, 0.3) is 89.7 Å². The third-order valence-corrected chi connectivity index (χ3v) is 19.9. The molecule has 0 unspecified atom stereocenters. The van der Waals surface area contributed by atoms with Crippen LogP contribution in [0.4, 0.5) is 0 Å². The molecule has 0 aliphatic carbocycles. The van der Waals surface area contributed by atoms with Crippen molar-refractivity contribution in [1.29, 1.82) is 0 Å². The Bertz CT molecular complexity index is 3290. The fourth-order valence-corrected chi connectivity index (χ4v) is 16.1. The van der Waals surface area contributed by atoms with E-state index in [1.165, 1.54) is 0 Å². The van der Waals surface area contributed by atoms with Crippen molar-refractivity contribution < 1.29 is 0 Å². The lowest BCUT2D eigenvalue weighted by molar-refractivity contribution is 0.779. The molecule has 2 aliphatic heterocycles. The maximum atomic E-state index is 5.58. The van der Waals surface area contributed by atoms with Crippen LogP contribution in [0.2, 0.25) is 0 Å². The topological polar surface area (TPSA) is 160 Å². The maximum absolute atomic E-state index is 5.58. The molecule has 8 bridgehead atoms. The van der Waals surface area contributed by atoms with E-state index in [1.807, 2.05) is 0 Å². The molecule has 0 atom stereocenters. The molecule has 0 saturated heterocycles. The molecule has 2 N–H and O–H groups in total. The van der Waals surface area contributed by atoms with Crippen LogP contribution in [0.3, 0.4) is 0 Å². The number of thioether (sulfide) groups is 8. The second-order valence-electron chi connectivity index (χ2n) is 28.1. The molecule has 0 aromatic carbocycles. The first-order valence-corrected chi connectivity index (χ1v) is 33.6. The molecule has 426 valence electrons. The number of aromatic nitrogens is 12. The highest BCUT2D eigenvalue weighted by Gasteiger charge is 2.33. The Labute approximate surface area is 508 Å². The minimum atomic E-state index is -0.148. The first kappa shape index (κ1) is 61.3. The zero-order chi connectivity index (χ0) is 58.8. The van der Waals surface area contributed by atoms with Gasteiger partial charge in [-0.15, -0.1) is 0 Å². The monoisotopic (exact) mass is 1220 g/mol. The van der Waals surface area contributed by atoms with Gasteiger partial charge in [0.1, 0.15) is 85.1 Å². The average molecular weight is 1220 g/mol. The van der Waals surface area contributed by atoms with Crippen molar-refractivity contribution >= 4 is 138 Å². The third-order valence-electron chi connectivity index (χ3n) is 10.7. The van der Waals surface area contributed by atoms with Crippen molar-refractivity contribution in [2.75, 3.05) is 0 Å². The summed E-state index contributed by atoms with van der Waals surface area (Å²) < 4.78 is -1.18. The first-order valence-electron chi connectivity index (χ1n) is 27.0. The second-order valence-corrected chi connectivity index (χ2v) is 42.6. The molecule has 0 amide bonds. The van der Waals surface area contributed by atoms with Crippen LogP contribution in [0.5, 0.6) is 0 Å². The quantitative estimate of drug-likeness (QED) is 0.138. The Hall–Kier alpha value is -3.24. The summed E-state index contributed by atoms with van der Waals surface area (Å²) in [6, 6.07) is 8.31. The van der Waals surface area contributed by atoms with Gasteiger partial charge >= 0.3 is 0 Å². The largest absolute Gasteiger partial charge is 0.352 e. The van der Waals surface area contributed by atoms with Crippen molar-refractivity contribution in [3.05, 3.63) is 24.3 Å². The van der Waals surface area contributed by atoms with E-state index in [0.717, 1.165) is 62.3 Å². The molecule has 80 heavy (non-hydrogen) atoms. The van der Waals surface area contributed by atoms with Gasteiger partial charge in [-0.3, -0.25) is 0 Å². The maximum Gasteiger partial charge on any atom is 0.130 e. The SMILES string of the molecule is CC(C)(C)Sc1nc2c(nc1SC(C)(C)C)-c1cc3[nH]c(cc4nc(cc5[nH]c(cc-2n1)c1nc(SC(C)(C)C)c(SC(C)(C)C)nc51)-c1nc(SC(C)(C)C)c(SC(C)(C)C)nc1-4)c1nc(SC(C)(C)C)c(SC(C)(C)C)nc31. The van der Waals surface area contributed by atoms with Crippen molar-refractivity contribution in [3.63, 3.8) is 0 Å². The molecule has 7 aromatic heterocycles. The zero-order valence-electron chi connectivity index (χ0n) is 51.0. The Morgan fingerprint density at radius 2 is 0.375 bits per heavy atom. The Kier molecular flexibility index (Phi) is 16.4. The van der Waals surface area contributed by atoms with E-state index in [0.29, 0.717) is 67.6 Å². The molecule has 12 nitrogen and oxygen atoms in total. The van der Waals surface area contributed by atoms with Gasteiger partial charge in [0.2, 0.25) is 0 Å². The Morgan fingerprint density at radius 3 is 0.525 bits per heavy atom. The number of nitrogens with one attached hydrogen (secondary N) is 2. The standard InChI is InChI=1S/C60H78N12S8/c1-53(2,3)73-45-46(74-54(4,5)6)66-38-30-26-32-40-42(70-50(78-58(16,17)18)49(68-40)77-57(13,14)15)34(63-32)28-36-44-43(71-51(79-59(19,20)21)52(72-44)80-60(22,23)24)35(64-36)27-33-41-39(31(62-33)25-29(61-30)37(38)65-45)67-47(75-55(7,8)9)48(69-41)76-56(10,11)12/h25-28,61,64H,1-24H3. The lowest BCUT2D eigenvalue weighted by Gasteiger charge is -2.22. The van der Waals surface area contributed by atoms with Crippen LogP contribution in [-0.2, 0) is 0 Å². The van der Waals surface area contributed by atoms with Crippen LogP contribution in [0.15, 0.2) is 64.5 Å². The Morgan fingerprint density at radius 1 is 0.225 bits per heavy atom. The van der Waals surface area contributed by atoms with Gasteiger partial charge in [0.25, 0.3) is 0 Å². The predicted octanol–water partition coefficient (Wildman–Crippen LogP) is 19.6. The van der Waals surface area contributed by atoms with E-state index < -0.39 is 0 Å². The minimum absolute atomic E-state index is 0.146. The van der Waals surface area contributed by atoms with Crippen molar-refractivity contribution in [2.45, 2.75) is 244 Å². The molecule has 20 heteroatoms. The molecule has 9 rings (SSSR count). The molecule has 2 aliphatic rings. The summed E-state index contributed by atoms with van der Waals surface area (Å²) in [5.74, 6) is 0. The lowest BCUT2D eigenvalue weighted by Crippen LogP contribution is -2.12. The van der Waals surface area contributed by atoms with Crippen molar-refractivity contribution in [2.24, 2.45) is 0 Å². The fourth-order valence-electron chi connectivity index (χ4n) is 8.30. The molecular weight excluding hydrogens is 1150 g/mol. The van der Waals surface area contributed by atoms with Crippen LogP contribution in [0.1, 0.15) is 166 Å². The number of nitrogens with zero attached hydrogens (tertiary/aromatic N) is 10. The minimum Gasteiger partial charge on any atom is -0.352 e. The predicted molar refractivity (Wildman–Crippen MR) is 352 cm³/mol. The molecule has 0 radical (unpaired) electrons. The molecule has 9 heterocycles. The number of hydrogen-bond donors (Lipinski definition) is 2. The van der Waals surface area contributed by atoms with Gasteiger partial charge in [0.15, 0.2) is 0 Å². The average Bonchev–Trinajstić information content (AvgIpc) is 3.97. The van der Waals surface area contributed by atoms with E-state index in [4.69, 9.17) is 49.8 Å².